The van der Waals surface area contributed by atoms with Crippen molar-refractivity contribution < 1.29 is 22.4 Å². The van der Waals surface area contributed by atoms with Crippen LogP contribution in [0.15, 0.2) is 24.4 Å². The molecule has 1 fully saturated rings. The lowest BCUT2D eigenvalue weighted by atomic mass is 9.98. The lowest BCUT2D eigenvalue weighted by molar-refractivity contribution is -0.149. The Hall–Kier alpha value is -2.39. The maximum absolute atomic E-state index is 14.0. The van der Waals surface area contributed by atoms with Crippen LogP contribution in [0.4, 0.5) is 23.2 Å². The molecule has 2 heterocycles. The van der Waals surface area contributed by atoms with Crippen LogP contribution < -0.4 is 16.0 Å². The summed E-state index contributed by atoms with van der Waals surface area (Å²) in [7, 11) is 0. The van der Waals surface area contributed by atoms with Crippen LogP contribution in [-0.4, -0.2) is 42.2 Å². The van der Waals surface area contributed by atoms with E-state index in [0.29, 0.717) is 42.0 Å². The maximum Gasteiger partial charge on any atom is 0.408 e. The fourth-order valence-electron chi connectivity index (χ4n) is 3.48. The summed E-state index contributed by atoms with van der Waals surface area (Å²) in [4.78, 5) is 18.8. The molecule has 5 nitrogen and oxygen atoms in total. The van der Waals surface area contributed by atoms with Crippen molar-refractivity contribution in [1.82, 2.24) is 10.3 Å². The minimum Gasteiger partial charge on any atom is -0.369 e. The molecule has 1 aromatic carbocycles. The zero-order valence-corrected chi connectivity index (χ0v) is 17.1. The van der Waals surface area contributed by atoms with E-state index in [2.05, 4.69) is 4.98 Å². The fraction of sp³-hybridized carbons (Fsp3) is 0.400. The van der Waals surface area contributed by atoms with Crippen molar-refractivity contribution in [2.75, 3.05) is 18.0 Å². The third-order valence-corrected chi connectivity index (χ3v) is 5.23. The van der Waals surface area contributed by atoms with Gasteiger partial charge in [0, 0.05) is 41.6 Å². The predicted molar refractivity (Wildman–Crippen MR) is 107 cm³/mol. The highest BCUT2D eigenvalue weighted by Crippen LogP contribution is 2.39. The molecule has 0 unspecified atom stereocenters. The smallest absolute Gasteiger partial charge is 0.369 e. The van der Waals surface area contributed by atoms with E-state index >= 15 is 0 Å². The Morgan fingerprint density at radius 2 is 2.07 bits per heavy atom. The zero-order chi connectivity index (χ0) is 22.2. The molecule has 0 bridgehead atoms. The highest BCUT2D eigenvalue weighted by molar-refractivity contribution is 6.31. The molecule has 10 heteroatoms. The number of carbonyl (C=O) groups excluding carboxylic acids is 1. The molecule has 1 aliphatic rings. The second-order valence-corrected chi connectivity index (χ2v) is 7.81. The number of nitrogens with one attached hydrogen (secondary N) is 1. The summed E-state index contributed by atoms with van der Waals surface area (Å²) in [6.07, 6.45) is -2.72. The van der Waals surface area contributed by atoms with Gasteiger partial charge in [-0.15, -0.1) is 0 Å². The first kappa shape index (κ1) is 22.3. The standard InChI is InChI=1S/C20H21ClF4N4O/c1-10-17(12-5-13(21)7-14(22)6-12)18(29-4-3-15(26)9-29)16(8-27-10)19(30)28-11(2)20(23,24)25/h5-8,11,15H,3-4,9,26H2,1-2H3,(H,28,30)/t11-,15-/m0/s1. The highest BCUT2D eigenvalue weighted by atomic mass is 35.5. The molecule has 30 heavy (non-hydrogen) atoms. The van der Waals surface area contributed by atoms with E-state index < -0.39 is 23.9 Å². The summed E-state index contributed by atoms with van der Waals surface area (Å²) >= 11 is 6.01. The minimum atomic E-state index is -4.59. The lowest BCUT2D eigenvalue weighted by Gasteiger charge is -2.27. The summed E-state index contributed by atoms with van der Waals surface area (Å²) in [5, 5.41) is 2.12. The van der Waals surface area contributed by atoms with E-state index in [1.165, 1.54) is 18.3 Å². The first-order valence-electron chi connectivity index (χ1n) is 9.31. The molecule has 0 aliphatic carbocycles. The number of nitrogens with zero attached hydrogens (tertiary/aromatic N) is 2. The van der Waals surface area contributed by atoms with Crippen molar-refractivity contribution in [2.24, 2.45) is 5.73 Å². The molecule has 0 radical (unpaired) electrons. The van der Waals surface area contributed by atoms with Crippen LogP contribution in [0, 0.1) is 12.7 Å². The van der Waals surface area contributed by atoms with E-state index in [4.69, 9.17) is 17.3 Å². The number of hydrogen-bond donors (Lipinski definition) is 2. The number of benzene rings is 1. The van der Waals surface area contributed by atoms with Crippen LogP contribution in [0.3, 0.4) is 0 Å². The summed E-state index contributed by atoms with van der Waals surface area (Å²) in [6.45, 7) is 3.43. The molecule has 2 atom stereocenters. The van der Waals surface area contributed by atoms with E-state index in [0.717, 1.165) is 13.0 Å². The number of nitrogens with two attached hydrogens (primary N) is 1. The van der Waals surface area contributed by atoms with Crippen LogP contribution in [-0.2, 0) is 0 Å². The average Bonchev–Trinajstić information content (AvgIpc) is 3.05. The predicted octanol–water partition coefficient (Wildman–Crippen LogP) is 4.07. The normalized spacial score (nSPS) is 17.9. The van der Waals surface area contributed by atoms with Crippen molar-refractivity contribution in [3.8, 4) is 11.1 Å². The molecule has 0 spiro atoms. The fourth-order valence-corrected chi connectivity index (χ4v) is 3.70. The average molecular weight is 445 g/mol. The van der Waals surface area contributed by atoms with Gasteiger partial charge < -0.3 is 16.0 Å². The van der Waals surface area contributed by atoms with Gasteiger partial charge in [0.2, 0.25) is 0 Å². The first-order valence-corrected chi connectivity index (χ1v) is 9.69. The highest BCUT2D eigenvalue weighted by Gasteiger charge is 2.38. The minimum absolute atomic E-state index is 0.0406. The molecule has 0 saturated carbocycles. The molecule has 1 saturated heterocycles. The number of amides is 1. The quantitative estimate of drug-likeness (QED) is 0.697. The Morgan fingerprint density at radius 1 is 1.37 bits per heavy atom. The van der Waals surface area contributed by atoms with Crippen LogP contribution in [0.25, 0.3) is 11.1 Å². The van der Waals surface area contributed by atoms with Crippen molar-refractivity contribution in [3.05, 3.63) is 46.5 Å². The maximum atomic E-state index is 14.0. The Balaban J connectivity index is 2.17. The van der Waals surface area contributed by atoms with Crippen LogP contribution in [0.2, 0.25) is 5.02 Å². The number of pyridine rings is 1. The Labute approximate surface area is 176 Å². The van der Waals surface area contributed by atoms with Gasteiger partial charge in [-0.25, -0.2) is 4.39 Å². The van der Waals surface area contributed by atoms with Gasteiger partial charge in [-0.3, -0.25) is 9.78 Å². The number of halogens is 5. The van der Waals surface area contributed by atoms with Gasteiger partial charge in [-0.05, 0) is 44.0 Å². The van der Waals surface area contributed by atoms with Crippen LogP contribution in [0.5, 0.6) is 0 Å². The van der Waals surface area contributed by atoms with Crippen LogP contribution in [0.1, 0.15) is 29.4 Å². The van der Waals surface area contributed by atoms with Crippen molar-refractivity contribution >= 4 is 23.2 Å². The van der Waals surface area contributed by atoms with Gasteiger partial charge in [-0.1, -0.05) is 11.6 Å². The molecule has 3 rings (SSSR count). The van der Waals surface area contributed by atoms with E-state index in [1.807, 2.05) is 10.2 Å². The largest absolute Gasteiger partial charge is 0.408 e. The summed E-state index contributed by atoms with van der Waals surface area (Å²) in [6, 6.07) is 1.70. The summed E-state index contributed by atoms with van der Waals surface area (Å²) in [5.41, 5.74) is 7.62. The van der Waals surface area contributed by atoms with Crippen molar-refractivity contribution in [2.45, 2.75) is 38.5 Å². The monoisotopic (exact) mass is 444 g/mol. The van der Waals surface area contributed by atoms with E-state index in [1.54, 1.807) is 6.92 Å². The molecule has 1 amide bonds. The zero-order valence-electron chi connectivity index (χ0n) is 16.4. The number of aryl methyl sites for hydroxylation is 1. The van der Waals surface area contributed by atoms with Gasteiger partial charge >= 0.3 is 6.18 Å². The summed E-state index contributed by atoms with van der Waals surface area (Å²) in [5.74, 6) is -1.51. The molecular formula is C20H21ClF4N4O. The van der Waals surface area contributed by atoms with E-state index in [9.17, 15) is 22.4 Å². The second-order valence-electron chi connectivity index (χ2n) is 7.37. The number of carbonyl (C=O) groups is 1. The van der Waals surface area contributed by atoms with Gasteiger partial charge in [0.1, 0.15) is 11.9 Å². The molecule has 1 aromatic heterocycles. The number of anilines is 1. The van der Waals surface area contributed by atoms with Gasteiger partial charge in [0.05, 0.1) is 11.3 Å². The Bertz CT molecular complexity index is 946. The second kappa shape index (κ2) is 8.39. The lowest BCUT2D eigenvalue weighted by Crippen LogP contribution is -2.43. The number of rotatable bonds is 4. The number of hydrogen-bond acceptors (Lipinski definition) is 4. The third kappa shape index (κ3) is 4.67. The molecular weight excluding hydrogens is 424 g/mol. The summed E-state index contributed by atoms with van der Waals surface area (Å²) < 4.78 is 52.9. The molecule has 162 valence electrons. The van der Waals surface area contributed by atoms with Crippen molar-refractivity contribution in [1.29, 1.82) is 0 Å². The third-order valence-electron chi connectivity index (χ3n) is 5.02. The van der Waals surface area contributed by atoms with Crippen molar-refractivity contribution in [3.63, 3.8) is 0 Å². The number of alkyl halides is 3. The molecule has 3 N–H and O–H groups in total. The Kier molecular flexibility index (Phi) is 6.24. The topological polar surface area (TPSA) is 71.2 Å². The van der Waals surface area contributed by atoms with E-state index in [-0.39, 0.29) is 16.6 Å². The van der Waals surface area contributed by atoms with Crippen LogP contribution >= 0.6 is 11.6 Å². The van der Waals surface area contributed by atoms with Gasteiger partial charge in [0.25, 0.3) is 5.91 Å². The molecule has 1 aliphatic heterocycles. The number of aromatic nitrogens is 1. The molecule has 2 aromatic rings. The van der Waals surface area contributed by atoms with Gasteiger partial charge in [0.15, 0.2) is 0 Å². The SMILES string of the molecule is Cc1ncc(C(=O)N[C@@H](C)C(F)(F)F)c(N2CC[C@H](N)C2)c1-c1cc(F)cc(Cl)c1. The Morgan fingerprint density at radius 3 is 2.63 bits per heavy atom. The first-order chi connectivity index (χ1) is 14.0. The van der Waals surface area contributed by atoms with Gasteiger partial charge in [-0.2, -0.15) is 13.2 Å².